The van der Waals surface area contributed by atoms with E-state index in [2.05, 4.69) is 33.8 Å². The first-order valence-corrected chi connectivity index (χ1v) is 8.91. The molecule has 0 aromatic rings. The summed E-state index contributed by atoms with van der Waals surface area (Å²) in [7, 11) is 0. The Labute approximate surface area is 136 Å². The van der Waals surface area contributed by atoms with E-state index < -0.39 is 0 Å². The zero-order chi connectivity index (χ0) is 16.4. The van der Waals surface area contributed by atoms with Crippen LogP contribution in [0.5, 0.6) is 0 Å². The maximum absolute atomic E-state index is 9.44. The van der Waals surface area contributed by atoms with Crippen LogP contribution in [0.2, 0.25) is 0 Å². The first-order valence-electron chi connectivity index (χ1n) is 8.91. The van der Waals surface area contributed by atoms with Crippen LogP contribution in [-0.4, -0.2) is 23.4 Å². The Kier molecular flexibility index (Phi) is 5.55. The Morgan fingerprint density at radius 3 is 2.64 bits per heavy atom. The van der Waals surface area contributed by atoms with Crippen molar-refractivity contribution in [2.45, 2.75) is 66.2 Å². The van der Waals surface area contributed by atoms with E-state index >= 15 is 0 Å². The number of allylic oxidation sites excluding steroid dienone is 2. The normalized spacial score (nSPS) is 35.0. The number of fused-ring (bicyclic) bond motifs is 1. The maximum Gasteiger partial charge on any atom is 0.0642 e. The highest BCUT2D eigenvalue weighted by Crippen LogP contribution is 2.60. The maximum atomic E-state index is 9.44. The molecule has 0 bridgehead atoms. The second-order valence-electron chi connectivity index (χ2n) is 8.38. The third-order valence-corrected chi connectivity index (χ3v) is 6.63. The van der Waals surface area contributed by atoms with Gasteiger partial charge in [-0.2, -0.15) is 0 Å². The average Bonchev–Trinajstić information content (AvgIpc) is 2.44. The lowest BCUT2D eigenvalue weighted by molar-refractivity contribution is -0.0391. The molecule has 2 aliphatic carbocycles. The Balaban J connectivity index is 2.20. The molecule has 2 heteroatoms. The summed E-state index contributed by atoms with van der Waals surface area (Å²) in [6, 6.07) is 0. The lowest BCUT2D eigenvalue weighted by atomic mass is 9.48. The predicted octanol–water partition coefficient (Wildman–Crippen LogP) is 4.48. The molecule has 22 heavy (non-hydrogen) atoms. The van der Waals surface area contributed by atoms with Gasteiger partial charge in [0.2, 0.25) is 0 Å². The third kappa shape index (κ3) is 3.33. The molecular weight excluding hydrogens is 272 g/mol. The summed E-state index contributed by atoms with van der Waals surface area (Å²) >= 11 is 0. The predicted molar refractivity (Wildman–Crippen MR) is 92.6 cm³/mol. The topological polar surface area (TPSA) is 40.5 Å². The summed E-state index contributed by atoms with van der Waals surface area (Å²) in [5, 5.41) is 18.5. The fourth-order valence-corrected chi connectivity index (χ4v) is 5.40. The first kappa shape index (κ1) is 17.7. The van der Waals surface area contributed by atoms with Gasteiger partial charge in [-0.15, -0.1) is 0 Å². The molecule has 3 unspecified atom stereocenters. The number of hydrogen-bond donors (Lipinski definition) is 2. The second kappa shape index (κ2) is 6.88. The summed E-state index contributed by atoms with van der Waals surface area (Å²) in [5.41, 5.74) is 3.35. The monoisotopic (exact) mass is 306 g/mol. The zero-order valence-corrected chi connectivity index (χ0v) is 14.9. The van der Waals surface area contributed by atoms with Crippen LogP contribution in [0.1, 0.15) is 66.2 Å². The van der Waals surface area contributed by atoms with Crippen molar-refractivity contribution in [3.05, 3.63) is 23.3 Å². The van der Waals surface area contributed by atoms with Crippen LogP contribution in [0.15, 0.2) is 23.3 Å². The highest BCUT2D eigenvalue weighted by atomic mass is 16.3. The highest BCUT2D eigenvalue weighted by Gasteiger charge is 2.51. The smallest absolute Gasteiger partial charge is 0.0642 e. The van der Waals surface area contributed by atoms with Crippen molar-refractivity contribution in [3.8, 4) is 0 Å². The van der Waals surface area contributed by atoms with Crippen molar-refractivity contribution in [3.63, 3.8) is 0 Å². The summed E-state index contributed by atoms with van der Waals surface area (Å²) in [6.07, 6.45) is 11.5. The van der Waals surface area contributed by atoms with Crippen molar-refractivity contribution in [2.75, 3.05) is 13.2 Å². The molecule has 0 aliphatic heterocycles. The van der Waals surface area contributed by atoms with Crippen molar-refractivity contribution < 1.29 is 10.2 Å². The molecule has 0 amide bonds. The van der Waals surface area contributed by atoms with E-state index in [0.717, 1.165) is 24.3 Å². The molecule has 2 N–H and O–H groups in total. The van der Waals surface area contributed by atoms with Crippen molar-refractivity contribution >= 4 is 0 Å². The lowest BCUT2D eigenvalue weighted by Crippen LogP contribution is -2.48. The Morgan fingerprint density at radius 2 is 2.00 bits per heavy atom. The van der Waals surface area contributed by atoms with Gasteiger partial charge in [-0.05, 0) is 67.3 Å². The number of rotatable bonds is 5. The highest BCUT2D eigenvalue weighted by molar-refractivity contribution is 5.19. The van der Waals surface area contributed by atoms with E-state index in [0.29, 0.717) is 16.7 Å². The third-order valence-electron chi connectivity index (χ3n) is 6.63. The van der Waals surface area contributed by atoms with Gasteiger partial charge in [0.15, 0.2) is 0 Å². The van der Waals surface area contributed by atoms with Gasteiger partial charge in [-0.3, -0.25) is 0 Å². The van der Waals surface area contributed by atoms with E-state index in [-0.39, 0.29) is 13.2 Å². The molecule has 0 spiro atoms. The van der Waals surface area contributed by atoms with Crippen LogP contribution in [0.4, 0.5) is 0 Å². The van der Waals surface area contributed by atoms with Crippen LogP contribution in [0, 0.1) is 22.7 Å². The number of hydrogen-bond acceptors (Lipinski definition) is 2. The second-order valence-corrected chi connectivity index (χ2v) is 8.38. The van der Waals surface area contributed by atoms with Gasteiger partial charge in [0.1, 0.15) is 0 Å². The Hall–Kier alpha value is -0.600. The molecule has 2 nitrogen and oxygen atoms in total. The fraction of sp³-hybridized carbons (Fsp3) is 0.800. The molecule has 1 fully saturated rings. The molecular formula is C20H34O2. The standard InChI is InChI=1S/C20H34O2/c1-15-6-9-18-19(2,3)11-5-12-20(18,4)17(15)8-7-16(14-22)10-13-21/h6,10,17-18,21-22H,5,7-9,11-14H2,1-4H3. The Morgan fingerprint density at radius 1 is 1.27 bits per heavy atom. The molecule has 2 rings (SSSR count). The summed E-state index contributed by atoms with van der Waals surface area (Å²) < 4.78 is 0. The molecule has 1 saturated carbocycles. The van der Waals surface area contributed by atoms with Gasteiger partial charge in [0.05, 0.1) is 13.2 Å². The van der Waals surface area contributed by atoms with Gasteiger partial charge in [-0.1, -0.05) is 44.9 Å². The van der Waals surface area contributed by atoms with Crippen LogP contribution in [-0.2, 0) is 0 Å². The quantitative estimate of drug-likeness (QED) is 0.735. The van der Waals surface area contributed by atoms with E-state index in [1.165, 1.54) is 31.3 Å². The van der Waals surface area contributed by atoms with Gasteiger partial charge < -0.3 is 10.2 Å². The minimum atomic E-state index is 0.0301. The van der Waals surface area contributed by atoms with Crippen LogP contribution in [0.3, 0.4) is 0 Å². The Bertz CT molecular complexity index is 447. The minimum absolute atomic E-state index is 0.0301. The first-order chi connectivity index (χ1) is 10.3. The van der Waals surface area contributed by atoms with E-state index in [1.807, 2.05) is 0 Å². The molecule has 0 saturated heterocycles. The van der Waals surface area contributed by atoms with Gasteiger partial charge in [-0.25, -0.2) is 0 Å². The molecule has 3 atom stereocenters. The molecule has 0 radical (unpaired) electrons. The number of aliphatic hydroxyl groups is 2. The number of aliphatic hydroxyl groups excluding tert-OH is 2. The van der Waals surface area contributed by atoms with Crippen LogP contribution < -0.4 is 0 Å². The molecule has 0 aromatic heterocycles. The van der Waals surface area contributed by atoms with Crippen molar-refractivity contribution in [1.82, 2.24) is 0 Å². The van der Waals surface area contributed by atoms with Gasteiger partial charge >= 0.3 is 0 Å². The summed E-state index contributed by atoms with van der Waals surface area (Å²) in [6.45, 7) is 9.80. The average molecular weight is 306 g/mol. The van der Waals surface area contributed by atoms with Crippen LogP contribution >= 0.6 is 0 Å². The van der Waals surface area contributed by atoms with Crippen LogP contribution in [0.25, 0.3) is 0 Å². The molecule has 0 heterocycles. The minimum Gasteiger partial charge on any atom is -0.392 e. The largest absolute Gasteiger partial charge is 0.392 e. The summed E-state index contributed by atoms with van der Waals surface area (Å²) in [5.74, 6) is 1.38. The van der Waals surface area contributed by atoms with E-state index in [1.54, 1.807) is 6.08 Å². The van der Waals surface area contributed by atoms with Gasteiger partial charge in [0, 0.05) is 0 Å². The van der Waals surface area contributed by atoms with Crippen molar-refractivity contribution in [1.29, 1.82) is 0 Å². The molecule has 0 aromatic carbocycles. The lowest BCUT2D eigenvalue weighted by Gasteiger charge is -2.57. The van der Waals surface area contributed by atoms with E-state index in [4.69, 9.17) is 5.11 Å². The zero-order valence-electron chi connectivity index (χ0n) is 14.9. The fourth-order valence-electron chi connectivity index (χ4n) is 5.40. The van der Waals surface area contributed by atoms with Crippen molar-refractivity contribution in [2.24, 2.45) is 22.7 Å². The molecule has 126 valence electrons. The summed E-state index contributed by atoms with van der Waals surface area (Å²) in [4.78, 5) is 0. The van der Waals surface area contributed by atoms with E-state index in [9.17, 15) is 5.11 Å². The van der Waals surface area contributed by atoms with Gasteiger partial charge in [0.25, 0.3) is 0 Å². The SMILES string of the molecule is CC1=CCC2C(C)(C)CCCC2(C)C1CCC(=CCO)CO. The molecule has 2 aliphatic rings.